The van der Waals surface area contributed by atoms with Crippen molar-refractivity contribution < 1.29 is 9.72 Å². The molecule has 26 heavy (non-hydrogen) atoms. The van der Waals surface area contributed by atoms with E-state index < -0.39 is 4.92 Å². The summed E-state index contributed by atoms with van der Waals surface area (Å²) in [4.78, 5) is 23.7. The minimum absolute atomic E-state index is 0. The van der Waals surface area contributed by atoms with Crippen molar-refractivity contribution in [2.45, 2.75) is 28.9 Å². The first-order chi connectivity index (χ1) is 12.0. The van der Waals surface area contributed by atoms with Gasteiger partial charge in [-0.15, -0.1) is 22.6 Å². The Kier molecular flexibility index (Phi) is 6.95. The molecule has 0 bridgehead atoms. The standard InChI is InChI=1S/C15H18N6O3S.ClH/c1-20-9-17-19-15(20)25-13-5-4-10(7-12(13)21(23)24)14(22)18-11-3-2-6-16-8-11;/h4-5,7,9,11,16H,2-3,6,8H2,1H3,(H,18,22);1H/t11-;/m0./s1. The van der Waals surface area contributed by atoms with E-state index in [1.165, 1.54) is 12.4 Å². The fourth-order valence-electron chi connectivity index (χ4n) is 2.59. The van der Waals surface area contributed by atoms with E-state index in [2.05, 4.69) is 20.8 Å². The van der Waals surface area contributed by atoms with Crippen LogP contribution in [0.15, 0.2) is 34.6 Å². The molecular formula is C15H19ClN6O3S. The van der Waals surface area contributed by atoms with E-state index in [-0.39, 0.29) is 35.6 Å². The van der Waals surface area contributed by atoms with Gasteiger partial charge in [-0.1, -0.05) is 0 Å². The summed E-state index contributed by atoms with van der Waals surface area (Å²) in [6, 6.07) is 4.53. The van der Waals surface area contributed by atoms with Gasteiger partial charge >= 0.3 is 0 Å². The molecule has 9 nitrogen and oxygen atoms in total. The maximum Gasteiger partial charge on any atom is 0.284 e. The highest BCUT2D eigenvalue weighted by Gasteiger charge is 2.22. The minimum Gasteiger partial charge on any atom is -0.348 e. The lowest BCUT2D eigenvalue weighted by Crippen LogP contribution is -2.45. The molecule has 2 heterocycles. The number of hydrogen-bond donors (Lipinski definition) is 2. The van der Waals surface area contributed by atoms with Crippen molar-refractivity contribution in [3.63, 3.8) is 0 Å². The number of benzene rings is 1. The van der Waals surface area contributed by atoms with Crippen molar-refractivity contribution in [2.24, 2.45) is 7.05 Å². The summed E-state index contributed by atoms with van der Waals surface area (Å²) in [5, 5.41) is 25.7. The summed E-state index contributed by atoms with van der Waals surface area (Å²) in [6.07, 6.45) is 3.42. The van der Waals surface area contributed by atoms with Crippen LogP contribution in [0.1, 0.15) is 23.2 Å². The molecule has 0 spiro atoms. The number of amides is 1. The third-order valence-corrected chi connectivity index (χ3v) is 5.04. The Labute approximate surface area is 160 Å². The molecule has 140 valence electrons. The quantitative estimate of drug-likeness (QED) is 0.582. The molecule has 0 aliphatic carbocycles. The van der Waals surface area contributed by atoms with Gasteiger partial charge in [0.15, 0.2) is 5.16 Å². The smallest absolute Gasteiger partial charge is 0.284 e. The molecule has 11 heteroatoms. The third kappa shape index (κ3) is 4.71. The van der Waals surface area contributed by atoms with Crippen LogP contribution in [0, 0.1) is 10.1 Å². The molecule has 1 saturated heterocycles. The molecule has 1 fully saturated rings. The zero-order valence-corrected chi connectivity index (χ0v) is 15.7. The number of aryl methyl sites for hydroxylation is 1. The van der Waals surface area contributed by atoms with Crippen molar-refractivity contribution >= 4 is 35.8 Å². The number of aromatic nitrogens is 3. The van der Waals surface area contributed by atoms with Crippen LogP contribution < -0.4 is 10.6 Å². The number of carbonyl (C=O) groups is 1. The van der Waals surface area contributed by atoms with Crippen molar-refractivity contribution in [3.05, 3.63) is 40.2 Å². The summed E-state index contributed by atoms with van der Waals surface area (Å²) < 4.78 is 1.67. The average Bonchev–Trinajstić information content (AvgIpc) is 3.00. The zero-order chi connectivity index (χ0) is 17.8. The second-order valence-corrected chi connectivity index (χ2v) is 6.79. The van der Waals surface area contributed by atoms with E-state index in [0.29, 0.717) is 16.6 Å². The van der Waals surface area contributed by atoms with E-state index in [9.17, 15) is 14.9 Å². The van der Waals surface area contributed by atoms with Crippen LogP contribution in [-0.2, 0) is 7.05 Å². The Hall–Kier alpha value is -2.17. The second-order valence-electron chi connectivity index (χ2n) is 5.78. The van der Waals surface area contributed by atoms with Gasteiger partial charge < -0.3 is 15.2 Å². The first kappa shape index (κ1) is 20.1. The molecule has 1 atom stereocenters. The van der Waals surface area contributed by atoms with E-state index in [0.717, 1.165) is 31.1 Å². The van der Waals surface area contributed by atoms with Crippen molar-refractivity contribution in [1.82, 2.24) is 25.4 Å². The van der Waals surface area contributed by atoms with Gasteiger partial charge in [0.1, 0.15) is 6.33 Å². The predicted octanol–water partition coefficient (Wildman–Crippen LogP) is 1.78. The Balaban J connectivity index is 0.00000243. The molecule has 1 aliphatic heterocycles. The summed E-state index contributed by atoms with van der Waals surface area (Å²) in [6.45, 7) is 1.67. The summed E-state index contributed by atoms with van der Waals surface area (Å²) in [5.41, 5.74) is 0.155. The largest absolute Gasteiger partial charge is 0.348 e. The average molecular weight is 399 g/mol. The molecule has 1 aliphatic rings. The fourth-order valence-corrected chi connectivity index (χ4v) is 3.44. The number of piperidine rings is 1. The first-order valence-electron chi connectivity index (χ1n) is 7.86. The molecule has 2 N–H and O–H groups in total. The third-order valence-electron chi connectivity index (χ3n) is 3.92. The SMILES string of the molecule is Cl.Cn1cnnc1Sc1ccc(C(=O)N[C@H]2CCCNC2)cc1[N+](=O)[O-]. The minimum atomic E-state index is -0.488. The lowest BCUT2D eigenvalue weighted by atomic mass is 10.1. The fraction of sp³-hybridized carbons (Fsp3) is 0.400. The van der Waals surface area contributed by atoms with Crippen molar-refractivity contribution in [1.29, 1.82) is 0 Å². The number of carbonyl (C=O) groups excluding carboxylic acids is 1. The zero-order valence-electron chi connectivity index (χ0n) is 14.0. The van der Waals surface area contributed by atoms with Crippen LogP contribution in [0.5, 0.6) is 0 Å². The first-order valence-corrected chi connectivity index (χ1v) is 8.68. The van der Waals surface area contributed by atoms with Crippen LogP contribution in [0.25, 0.3) is 0 Å². The number of hydrogen-bond acceptors (Lipinski definition) is 7. The molecule has 0 saturated carbocycles. The topological polar surface area (TPSA) is 115 Å². The molecule has 2 aromatic rings. The molecular weight excluding hydrogens is 380 g/mol. The highest BCUT2D eigenvalue weighted by atomic mass is 35.5. The lowest BCUT2D eigenvalue weighted by molar-refractivity contribution is -0.387. The summed E-state index contributed by atoms with van der Waals surface area (Å²) in [5.74, 6) is -0.299. The molecule has 1 aromatic carbocycles. The summed E-state index contributed by atoms with van der Waals surface area (Å²) >= 11 is 1.14. The Morgan fingerprint density at radius 2 is 2.31 bits per heavy atom. The van der Waals surface area contributed by atoms with Crippen molar-refractivity contribution in [3.8, 4) is 0 Å². The van der Waals surface area contributed by atoms with E-state index in [1.807, 2.05) is 0 Å². The van der Waals surface area contributed by atoms with E-state index >= 15 is 0 Å². The number of nitrogens with one attached hydrogen (secondary N) is 2. The number of nitro benzene ring substituents is 1. The molecule has 0 radical (unpaired) electrons. The summed E-state index contributed by atoms with van der Waals surface area (Å²) in [7, 11) is 1.76. The van der Waals surface area contributed by atoms with Gasteiger partial charge in [0.05, 0.1) is 9.82 Å². The maximum absolute atomic E-state index is 12.4. The van der Waals surface area contributed by atoms with Crippen LogP contribution in [0.4, 0.5) is 5.69 Å². The Morgan fingerprint density at radius 1 is 1.50 bits per heavy atom. The Morgan fingerprint density at radius 3 is 2.92 bits per heavy atom. The van der Waals surface area contributed by atoms with Gasteiger partial charge in [-0.25, -0.2) is 0 Å². The van der Waals surface area contributed by atoms with Gasteiger partial charge in [0.2, 0.25) is 0 Å². The number of rotatable bonds is 5. The molecule has 3 rings (SSSR count). The van der Waals surface area contributed by atoms with E-state index in [1.54, 1.807) is 23.7 Å². The lowest BCUT2D eigenvalue weighted by Gasteiger charge is -2.23. The van der Waals surface area contributed by atoms with Crippen molar-refractivity contribution in [2.75, 3.05) is 13.1 Å². The van der Waals surface area contributed by atoms with Gasteiger partial charge in [-0.2, -0.15) is 0 Å². The van der Waals surface area contributed by atoms with Gasteiger partial charge in [-0.05, 0) is 43.3 Å². The number of nitro groups is 1. The molecule has 1 amide bonds. The number of halogens is 1. The van der Waals surface area contributed by atoms with Crippen LogP contribution in [0.3, 0.4) is 0 Å². The highest BCUT2D eigenvalue weighted by molar-refractivity contribution is 7.99. The van der Waals surface area contributed by atoms with Crippen LogP contribution in [0.2, 0.25) is 0 Å². The second kappa shape index (κ2) is 8.97. The molecule has 1 aromatic heterocycles. The maximum atomic E-state index is 12.4. The van der Waals surface area contributed by atoms with Gasteiger partial charge in [-0.3, -0.25) is 14.9 Å². The number of nitrogens with zero attached hydrogens (tertiary/aromatic N) is 4. The Bertz CT molecular complexity index is 793. The molecule has 0 unspecified atom stereocenters. The monoisotopic (exact) mass is 398 g/mol. The van der Waals surface area contributed by atoms with Gasteiger partial charge in [0, 0.05) is 31.3 Å². The predicted molar refractivity (Wildman–Crippen MR) is 98.8 cm³/mol. The van der Waals surface area contributed by atoms with Gasteiger partial charge in [0.25, 0.3) is 11.6 Å². The normalized spacial score (nSPS) is 16.6. The van der Waals surface area contributed by atoms with E-state index in [4.69, 9.17) is 0 Å². The van der Waals surface area contributed by atoms with Crippen LogP contribution in [-0.4, -0.2) is 44.7 Å². The van der Waals surface area contributed by atoms with Crippen LogP contribution >= 0.6 is 24.2 Å². The highest BCUT2D eigenvalue weighted by Crippen LogP contribution is 2.34.